The second-order valence-corrected chi connectivity index (χ2v) is 4.37. The largest absolute Gasteiger partial charge is 0.384 e. The van der Waals surface area contributed by atoms with Crippen LogP contribution in [0, 0.1) is 0 Å². The number of nitrogens with one attached hydrogen (secondary N) is 2. The van der Waals surface area contributed by atoms with Crippen LogP contribution in [0.5, 0.6) is 0 Å². The van der Waals surface area contributed by atoms with Crippen LogP contribution in [0.25, 0.3) is 0 Å². The van der Waals surface area contributed by atoms with E-state index in [1.807, 2.05) is 0 Å². The summed E-state index contributed by atoms with van der Waals surface area (Å²) in [4.78, 5) is 10.6. The predicted octanol–water partition coefficient (Wildman–Crippen LogP) is 1.01. The zero-order chi connectivity index (χ0) is 12.1. The zero-order valence-corrected chi connectivity index (χ0v) is 9.96. The highest BCUT2D eigenvalue weighted by Crippen LogP contribution is 2.25. The molecule has 1 amide bonds. The topological polar surface area (TPSA) is 67.2 Å². The van der Waals surface area contributed by atoms with Crippen molar-refractivity contribution in [3.8, 4) is 0 Å². The van der Waals surface area contributed by atoms with Gasteiger partial charge in [0, 0.05) is 25.2 Å². The predicted molar refractivity (Wildman–Crippen MR) is 68.8 cm³/mol. The summed E-state index contributed by atoms with van der Waals surface area (Å²) in [6, 6.07) is 6.41. The number of carbonyl (C=O) groups excluding carboxylic acids is 1. The van der Waals surface area contributed by atoms with E-state index in [-0.39, 0.29) is 5.91 Å². The van der Waals surface area contributed by atoms with Gasteiger partial charge in [-0.15, -0.1) is 0 Å². The molecule has 4 N–H and O–H groups in total. The molecule has 0 spiro atoms. The third-order valence-electron chi connectivity index (χ3n) is 3.03. The molecule has 1 heterocycles. The zero-order valence-electron chi connectivity index (χ0n) is 9.96. The second kappa shape index (κ2) is 5.68. The van der Waals surface area contributed by atoms with Crippen LogP contribution in [0.2, 0.25) is 0 Å². The summed E-state index contributed by atoms with van der Waals surface area (Å²) >= 11 is 0. The van der Waals surface area contributed by atoms with Gasteiger partial charge in [-0.3, -0.25) is 4.79 Å². The smallest absolute Gasteiger partial charge is 0.217 e. The first kappa shape index (κ1) is 11.9. The first-order chi connectivity index (χ1) is 8.27. The molecule has 1 aliphatic heterocycles. The van der Waals surface area contributed by atoms with Gasteiger partial charge in [-0.25, -0.2) is 0 Å². The lowest BCUT2D eigenvalue weighted by Crippen LogP contribution is -2.18. The van der Waals surface area contributed by atoms with Crippen LogP contribution in [0.4, 0.5) is 5.69 Å². The number of amides is 1. The Morgan fingerprint density at radius 3 is 3.18 bits per heavy atom. The lowest BCUT2D eigenvalue weighted by Gasteiger charge is -2.09. The summed E-state index contributed by atoms with van der Waals surface area (Å²) in [6.45, 7) is 2.70. The fourth-order valence-corrected chi connectivity index (χ4v) is 2.17. The molecular formula is C13H19N3O. The molecule has 1 aliphatic rings. The van der Waals surface area contributed by atoms with Crippen LogP contribution in [0.1, 0.15) is 24.0 Å². The van der Waals surface area contributed by atoms with Gasteiger partial charge in [0.1, 0.15) is 0 Å². The molecule has 0 saturated heterocycles. The van der Waals surface area contributed by atoms with Crippen LogP contribution < -0.4 is 16.4 Å². The third kappa shape index (κ3) is 3.20. The minimum Gasteiger partial charge on any atom is -0.384 e. The monoisotopic (exact) mass is 233 g/mol. The Morgan fingerprint density at radius 1 is 1.47 bits per heavy atom. The highest BCUT2D eigenvalue weighted by atomic mass is 16.1. The fraction of sp³-hybridized carbons (Fsp3) is 0.462. The fourth-order valence-electron chi connectivity index (χ4n) is 2.17. The number of rotatable bonds is 6. The number of nitrogens with two attached hydrogens (primary N) is 1. The van der Waals surface area contributed by atoms with Gasteiger partial charge in [0.2, 0.25) is 5.91 Å². The van der Waals surface area contributed by atoms with Crippen molar-refractivity contribution in [1.82, 2.24) is 5.32 Å². The summed E-state index contributed by atoms with van der Waals surface area (Å²) in [5.41, 5.74) is 9.08. The highest BCUT2D eigenvalue weighted by Gasteiger charge is 2.12. The van der Waals surface area contributed by atoms with Crippen molar-refractivity contribution in [1.29, 1.82) is 0 Å². The highest BCUT2D eigenvalue weighted by molar-refractivity contribution is 5.73. The molecule has 0 fully saturated rings. The van der Waals surface area contributed by atoms with E-state index in [4.69, 9.17) is 5.73 Å². The Hall–Kier alpha value is -1.55. The number of hydrogen-bond acceptors (Lipinski definition) is 3. The van der Waals surface area contributed by atoms with E-state index >= 15 is 0 Å². The first-order valence-electron chi connectivity index (χ1n) is 6.11. The molecule has 0 unspecified atom stereocenters. The van der Waals surface area contributed by atoms with Crippen LogP contribution in [-0.4, -0.2) is 19.0 Å². The van der Waals surface area contributed by atoms with Gasteiger partial charge in [0.25, 0.3) is 0 Å². The molecule has 0 bridgehead atoms. The van der Waals surface area contributed by atoms with Crippen molar-refractivity contribution < 1.29 is 4.79 Å². The summed E-state index contributed by atoms with van der Waals surface area (Å²) < 4.78 is 0. The van der Waals surface area contributed by atoms with Crippen LogP contribution in [-0.2, 0) is 17.8 Å². The molecule has 0 aromatic heterocycles. The molecule has 1 aromatic rings. The van der Waals surface area contributed by atoms with Crippen molar-refractivity contribution in [3.05, 3.63) is 29.3 Å². The first-order valence-corrected chi connectivity index (χ1v) is 6.11. The van der Waals surface area contributed by atoms with E-state index in [0.717, 1.165) is 32.5 Å². The molecule has 0 radical (unpaired) electrons. The Bertz CT molecular complexity index is 404. The van der Waals surface area contributed by atoms with Gasteiger partial charge < -0.3 is 16.4 Å². The number of hydrogen-bond donors (Lipinski definition) is 3. The molecule has 0 saturated carbocycles. The van der Waals surface area contributed by atoms with E-state index in [0.29, 0.717) is 6.42 Å². The Morgan fingerprint density at radius 2 is 2.35 bits per heavy atom. The van der Waals surface area contributed by atoms with E-state index in [1.54, 1.807) is 0 Å². The van der Waals surface area contributed by atoms with Gasteiger partial charge in [-0.2, -0.15) is 0 Å². The minimum atomic E-state index is -0.228. The van der Waals surface area contributed by atoms with Crippen molar-refractivity contribution in [2.75, 3.05) is 18.4 Å². The van der Waals surface area contributed by atoms with Gasteiger partial charge in [0.05, 0.1) is 0 Å². The normalized spacial score (nSPS) is 13.2. The lowest BCUT2D eigenvalue weighted by molar-refractivity contribution is -0.118. The second-order valence-electron chi connectivity index (χ2n) is 4.37. The quantitative estimate of drug-likeness (QED) is 0.642. The SMILES string of the molecule is NC(=O)CCCNCc1cccc2c1NCC2. The molecule has 4 heteroatoms. The minimum absolute atomic E-state index is 0.228. The summed E-state index contributed by atoms with van der Waals surface area (Å²) in [5, 5.41) is 6.75. The van der Waals surface area contributed by atoms with Crippen molar-refractivity contribution in [2.24, 2.45) is 5.73 Å². The average Bonchev–Trinajstić information content (AvgIpc) is 2.77. The molecular weight excluding hydrogens is 214 g/mol. The Kier molecular flexibility index (Phi) is 3.98. The third-order valence-corrected chi connectivity index (χ3v) is 3.03. The van der Waals surface area contributed by atoms with E-state index in [9.17, 15) is 4.79 Å². The van der Waals surface area contributed by atoms with Crippen LogP contribution >= 0.6 is 0 Å². The molecule has 17 heavy (non-hydrogen) atoms. The molecule has 92 valence electrons. The van der Waals surface area contributed by atoms with Crippen molar-refractivity contribution in [2.45, 2.75) is 25.8 Å². The standard InChI is InChI=1S/C13H19N3O/c14-12(17)5-2-7-15-9-11-4-1-3-10-6-8-16-13(10)11/h1,3-4,15-16H,2,5-9H2,(H2,14,17). The van der Waals surface area contributed by atoms with Crippen LogP contribution in [0.3, 0.4) is 0 Å². The number of carbonyl (C=O) groups is 1. The Labute approximate surface area is 102 Å². The van der Waals surface area contributed by atoms with Crippen LogP contribution in [0.15, 0.2) is 18.2 Å². The average molecular weight is 233 g/mol. The molecule has 0 atom stereocenters. The van der Waals surface area contributed by atoms with Gasteiger partial charge in [0.15, 0.2) is 0 Å². The number of primary amides is 1. The van der Waals surface area contributed by atoms with Gasteiger partial charge in [-0.05, 0) is 30.5 Å². The van der Waals surface area contributed by atoms with Crippen molar-refractivity contribution >= 4 is 11.6 Å². The number of benzene rings is 1. The number of fused-ring (bicyclic) bond motifs is 1. The molecule has 1 aromatic carbocycles. The summed E-state index contributed by atoms with van der Waals surface area (Å²) in [6.07, 6.45) is 2.38. The van der Waals surface area contributed by atoms with E-state index in [2.05, 4.69) is 28.8 Å². The summed E-state index contributed by atoms with van der Waals surface area (Å²) in [5.74, 6) is -0.228. The molecule has 4 nitrogen and oxygen atoms in total. The molecule has 0 aliphatic carbocycles. The lowest BCUT2D eigenvalue weighted by atomic mass is 10.1. The maximum atomic E-state index is 10.6. The van der Waals surface area contributed by atoms with Gasteiger partial charge >= 0.3 is 0 Å². The maximum absolute atomic E-state index is 10.6. The number of para-hydroxylation sites is 1. The van der Waals surface area contributed by atoms with Gasteiger partial charge in [-0.1, -0.05) is 18.2 Å². The number of anilines is 1. The Balaban J connectivity index is 1.80. The molecule has 2 rings (SSSR count). The maximum Gasteiger partial charge on any atom is 0.217 e. The summed E-state index contributed by atoms with van der Waals surface area (Å²) in [7, 11) is 0. The van der Waals surface area contributed by atoms with E-state index in [1.165, 1.54) is 16.8 Å². The van der Waals surface area contributed by atoms with E-state index < -0.39 is 0 Å². The van der Waals surface area contributed by atoms with Crippen molar-refractivity contribution in [3.63, 3.8) is 0 Å².